The molecule has 0 saturated carbocycles. The van der Waals surface area contributed by atoms with Gasteiger partial charge in [-0.25, -0.2) is 8.78 Å². The van der Waals surface area contributed by atoms with Crippen LogP contribution in [0.3, 0.4) is 0 Å². The third-order valence-corrected chi connectivity index (χ3v) is 3.37. The summed E-state index contributed by atoms with van der Waals surface area (Å²) in [6, 6.07) is 8.13. The molecule has 2 aromatic rings. The lowest BCUT2D eigenvalue weighted by molar-refractivity contribution is 0.100. The fourth-order valence-electron chi connectivity index (χ4n) is 1.92. The van der Waals surface area contributed by atoms with Gasteiger partial charge in [-0.15, -0.1) is 0 Å². The van der Waals surface area contributed by atoms with E-state index < -0.39 is 17.5 Å². The summed E-state index contributed by atoms with van der Waals surface area (Å²) in [4.78, 5) is 11.1. The molecule has 0 aliphatic carbocycles. The number of hydrogen-bond acceptors (Lipinski definition) is 2. The summed E-state index contributed by atoms with van der Waals surface area (Å²) in [6.45, 7) is 1.79. The predicted molar refractivity (Wildman–Crippen MR) is 78.4 cm³/mol. The molecule has 6 heteroatoms. The topological polar surface area (TPSA) is 55.1 Å². The van der Waals surface area contributed by atoms with Crippen molar-refractivity contribution in [2.75, 3.05) is 5.32 Å². The number of anilines is 1. The lowest BCUT2D eigenvalue weighted by Gasteiger charge is -2.16. The van der Waals surface area contributed by atoms with Crippen molar-refractivity contribution in [3.8, 4) is 0 Å². The summed E-state index contributed by atoms with van der Waals surface area (Å²) < 4.78 is 26.1. The smallest absolute Gasteiger partial charge is 0.250 e. The zero-order chi connectivity index (χ0) is 15.6. The summed E-state index contributed by atoms with van der Waals surface area (Å²) in [5.74, 6) is -2.40. The Labute approximate surface area is 125 Å². The first-order valence-corrected chi connectivity index (χ1v) is 6.57. The average Bonchev–Trinajstić information content (AvgIpc) is 2.41. The molecule has 1 unspecified atom stereocenters. The number of rotatable bonds is 4. The lowest BCUT2D eigenvalue weighted by Crippen LogP contribution is -2.12. The minimum atomic E-state index is -0.900. The van der Waals surface area contributed by atoms with Crippen molar-refractivity contribution in [2.45, 2.75) is 13.0 Å². The summed E-state index contributed by atoms with van der Waals surface area (Å²) >= 11 is 5.95. The van der Waals surface area contributed by atoms with Crippen LogP contribution in [-0.2, 0) is 0 Å². The summed E-state index contributed by atoms with van der Waals surface area (Å²) in [5, 5.41) is 3.31. The maximum atomic E-state index is 13.2. The molecule has 2 aromatic carbocycles. The van der Waals surface area contributed by atoms with Crippen LogP contribution >= 0.6 is 11.6 Å². The van der Waals surface area contributed by atoms with E-state index >= 15 is 0 Å². The van der Waals surface area contributed by atoms with E-state index in [1.54, 1.807) is 19.1 Å². The first kappa shape index (κ1) is 15.3. The molecule has 3 nitrogen and oxygen atoms in total. The largest absolute Gasteiger partial charge is 0.378 e. The number of carbonyl (C=O) groups excluding carboxylic acids is 1. The number of hydrogen-bond donors (Lipinski definition) is 2. The van der Waals surface area contributed by atoms with E-state index in [1.165, 1.54) is 12.1 Å². The SMILES string of the molecule is CC(Nc1ccc(C(N)=O)c(Cl)c1)c1ccc(F)c(F)c1. The van der Waals surface area contributed by atoms with Gasteiger partial charge in [0.2, 0.25) is 5.91 Å². The second-order valence-electron chi connectivity index (χ2n) is 4.60. The highest BCUT2D eigenvalue weighted by atomic mass is 35.5. The van der Waals surface area contributed by atoms with Crippen molar-refractivity contribution in [3.05, 3.63) is 64.2 Å². The van der Waals surface area contributed by atoms with E-state index in [9.17, 15) is 13.6 Å². The molecular weight excluding hydrogens is 298 g/mol. The molecule has 0 aliphatic heterocycles. The molecule has 3 N–H and O–H groups in total. The molecule has 0 aliphatic rings. The van der Waals surface area contributed by atoms with Gasteiger partial charge in [0.25, 0.3) is 0 Å². The number of nitrogens with one attached hydrogen (secondary N) is 1. The number of benzene rings is 2. The fourth-order valence-corrected chi connectivity index (χ4v) is 2.19. The highest BCUT2D eigenvalue weighted by Crippen LogP contribution is 2.25. The Balaban J connectivity index is 2.19. The lowest BCUT2D eigenvalue weighted by atomic mass is 10.1. The normalized spacial score (nSPS) is 12.0. The Kier molecular flexibility index (Phi) is 4.43. The fraction of sp³-hybridized carbons (Fsp3) is 0.133. The van der Waals surface area contributed by atoms with Crippen LogP contribution in [0.5, 0.6) is 0 Å². The Morgan fingerprint density at radius 3 is 2.48 bits per heavy atom. The van der Waals surface area contributed by atoms with Gasteiger partial charge in [0.15, 0.2) is 11.6 Å². The van der Waals surface area contributed by atoms with Crippen LogP contribution in [0.4, 0.5) is 14.5 Å². The highest BCUT2D eigenvalue weighted by molar-refractivity contribution is 6.34. The van der Waals surface area contributed by atoms with E-state index in [1.807, 2.05) is 0 Å². The monoisotopic (exact) mass is 310 g/mol. The van der Waals surface area contributed by atoms with Gasteiger partial charge in [-0.05, 0) is 42.8 Å². The standard InChI is InChI=1S/C15H13ClF2N2O/c1-8(9-2-5-13(17)14(18)6-9)20-10-3-4-11(15(19)21)12(16)7-10/h2-8,20H,1H3,(H2,19,21). The molecule has 0 fully saturated rings. The third kappa shape index (κ3) is 3.49. The van der Waals surface area contributed by atoms with Crippen LogP contribution < -0.4 is 11.1 Å². The molecule has 0 spiro atoms. The van der Waals surface area contributed by atoms with E-state index in [0.717, 1.165) is 12.1 Å². The quantitative estimate of drug-likeness (QED) is 0.900. The van der Waals surface area contributed by atoms with Gasteiger partial charge in [0.05, 0.1) is 10.6 Å². The molecule has 1 atom stereocenters. The zero-order valence-electron chi connectivity index (χ0n) is 11.2. The van der Waals surface area contributed by atoms with Crippen LogP contribution in [0.2, 0.25) is 5.02 Å². The van der Waals surface area contributed by atoms with E-state index in [-0.39, 0.29) is 16.6 Å². The Morgan fingerprint density at radius 2 is 1.90 bits per heavy atom. The molecule has 0 bridgehead atoms. The minimum Gasteiger partial charge on any atom is -0.378 e. The van der Waals surface area contributed by atoms with Crippen molar-refractivity contribution >= 4 is 23.2 Å². The number of carbonyl (C=O) groups is 1. The van der Waals surface area contributed by atoms with E-state index in [4.69, 9.17) is 17.3 Å². The van der Waals surface area contributed by atoms with Crippen LogP contribution in [0, 0.1) is 11.6 Å². The van der Waals surface area contributed by atoms with Crippen molar-refractivity contribution in [3.63, 3.8) is 0 Å². The van der Waals surface area contributed by atoms with Crippen molar-refractivity contribution in [1.82, 2.24) is 0 Å². The molecule has 0 aromatic heterocycles. The number of amides is 1. The maximum absolute atomic E-state index is 13.2. The van der Waals surface area contributed by atoms with Gasteiger partial charge >= 0.3 is 0 Å². The summed E-state index contributed by atoms with van der Waals surface area (Å²) in [7, 11) is 0. The van der Waals surface area contributed by atoms with Crippen LogP contribution in [0.15, 0.2) is 36.4 Å². The highest BCUT2D eigenvalue weighted by Gasteiger charge is 2.11. The summed E-state index contributed by atoms with van der Waals surface area (Å²) in [6.07, 6.45) is 0. The minimum absolute atomic E-state index is 0.225. The Morgan fingerprint density at radius 1 is 1.19 bits per heavy atom. The molecule has 1 amide bonds. The molecule has 110 valence electrons. The molecule has 0 heterocycles. The Bertz CT molecular complexity index is 691. The van der Waals surface area contributed by atoms with Gasteiger partial charge in [0, 0.05) is 11.7 Å². The first-order chi connectivity index (χ1) is 9.88. The van der Waals surface area contributed by atoms with Gasteiger partial charge < -0.3 is 11.1 Å². The van der Waals surface area contributed by atoms with Gasteiger partial charge in [-0.1, -0.05) is 17.7 Å². The molecule has 2 rings (SSSR count). The van der Waals surface area contributed by atoms with Crippen LogP contribution in [0.25, 0.3) is 0 Å². The predicted octanol–water partition coefficient (Wildman–Crippen LogP) is 3.89. The van der Waals surface area contributed by atoms with Crippen molar-refractivity contribution in [2.24, 2.45) is 5.73 Å². The molecular formula is C15H13ClF2N2O. The Hall–Kier alpha value is -2.14. The maximum Gasteiger partial charge on any atom is 0.250 e. The van der Waals surface area contributed by atoms with E-state index in [2.05, 4.69) is 5.32 Å². The average molecular weight is 311 g/mol. The first-order valence-electron chi connectivity index (χ1n) is 6.19. The number of primary amides is 1. The van der Waals surface area contributed by atoms with Crippen molar-refractivity contribution < 1.29 is 13.6 Å². The molecule has 0 radical (unpaired) electrons. The van der Waals surface area contributed by atoms with Crippen LogP contribution in [-0.4, -0.2) is 5.91 Å². The van der Waals surface area contributed by atoms with Crippen LogP contribution in [0.1, 0.15) is 28.9 Å². The number of nitrogens with two attached hydrogens (primary N) is 1. The second kappa shape index (κ2) is 6.10. The molecule has 21 heavy (non-hydrogen) atoms. The van der Waals surface area contributed by atoms with E-state index in [0.29, 0.717) is 11.3 Å². The second-order valence-corrected chi connectivity index (χ2v) is 5.01. The van der Waals surface area contributed by atoms with Gasteiger partial charge in [-0.2, -0.15) is 0 Å². The number of halogens is 3. The molecule has 0 saturated heterocycles. The third-order valence-electron chi connectivity index (χ3n) is 3.06. The van der Waals surface area contributed by atoms with Gasteiger partial charge in [-0.3, -0.25) is 4.79 Å². The zero-order valence-corrected chi connectivity index (χ0v) is 11.9. The van der Waals surface area contributed by atoms with Gasteiger partial charge in [0.1, 0.15) is 0 Å². The van der Waals surface area contributed by atoms with Crippen molar-refractivity contribution in [1.29, 1.82) is 0 Å². The summed E-state index contributed by atoms with van der Waals surface area (Å²) in [5.41, 5.74) is 6.62.